The Kier molecular flexibility index (Phi) is 4.69. The molecule has 0 bridgehead atoms. The van der Waals surface area contributed by atoms with Crippen molar-refractivity contribution in [1.29, 1.82) is 0 Å². The van der Waals surface area contributed by atoms with E-state index in [1.54, 1.807) is 24.5 Å². The number of hydrogen-bond donors (Lipinski definition) is 1. The summed E-state index contributed by atoms with van der Waals surface area (Å²) in [6.07, 6.45) is 5.94. The monoisotopic (exact) mass is 386 g/mol. The molecule has 0 atom stereocenters. The minimum Gasteiger partial charge on any atom is -0.454 e. The molecule has 1 heterocycles. The molecule has 21 heavy (non-hydrogen) atoms. The zero-order valence-corrected chi connectivity index (χ0v) is 14.2. The van der Waals surface area contributed by atoms with Gasteiger partial charge in [0.1, 0.15) is 11.5 Å². The van der Waals surface area contributed by atoms with Crippen LogP contribution in [0.15, 0.2) is 35.1 Å². The second-order valence-corrected chi connectivity index (χ2v) is 6.61. The van der Waals surface area contributed by atoms with E-state index >= 15 is 0 Å². The second-order valence-electron chi connectivity index (χ2n) is 4.94. The molecule has 1 N–H and O–H groups in total. The highest BCUT2D eigenvalue weighted by Crippen LogP contribution is 2.37. The number of nitrogens with zero attached hydrogens (tertiary/aromatic N) is 1. The number of benzene rings is 1. The molecule has 0 spiro atoms. The van der Waals surface area contributed by atoms with Crippen molar-refractivity contribution in [2.75, 3.05) is 0 Å². The lowest BCUT2D eigenvalue weighted by Gasteiger charge is -2.13. The summed E-state index contributed by atoms with van der Waals surface area (Å²) < 4.78 is 6.63. The molecule has 1 aromatic carbocycles. The lowest BCUT2D eigenvalue weighted by atomic mass is 10.2. The zero-order valence-electron chi connectivity index (χ0n) is 11.1. The Balaban J connectivity index is 1.82. The molecule has 110 valence electrons. The Hall–Kier alpha value is -0.810. The maximum Gasteiger partial charge on any atom is 0.150 e. The van der Waals surface area contributed by atoms with Gasteiger partial charge in [-0.05, 0) is 40.9 Å². The molecule has 0 unspecified atom stereocenters. The van der Waals surface area contributed by atoms with Gasteiger partial charge in [0.25, 0.3) is 0 Å². The Bertz CT molecular complexity index is 662. The Morgan fingerprint density at radius 3 is 2.81 bits per heavy atom. The average molecular weight is 388 g/mol. The lowest BCUT2D eigenvalue weighted by Crippen LogP contribution is -2.15. The molecular weight excluding hydrogens is 375 g/mol. The van der Waals surface area contributed by atoms with E-state index in [2.05, 4.69) is 26.2 Å². The molecule has 1 fully saturated rings. The summed E-state index contributed by atoms with van der Waals surface area (Å²) in [5, 5.41) is 4.51. The molecule has 6 heteroatoms. The summed E-state index contributed by atoms with van der Waals surface area (Å²) in [5.41, 5.74) is 1.05. The van der Waals surface area contributed by atoms with Crippen LogP contribution in [0.4, 0.5) is 0 Å². The normalized spacial score (nSPS) is 14.2. The molecule has 0 aliphatic heterocycles. The first-order valence-electron chi connectivity index (χ1n) is 6.62. The van der Waals surface area contributed by atoms with Gasteiger partial charge in [0.05, 0.1) is 16.2 Å². The molecule has 0 saturated heterocycles. The lowest BCUT2D eigenvalue weighted by molar-refractivity contribution is 0.470. The Labute approximate surface area is 141 Å². The molecular formula is C15H13BrCl2N2O. The van der Waals surface area contributed by atoms with Crippen molar-refractivity contribution < 1.29 is 4.74 Å². The number of halogens is 3. The molecule has 0 radical (unpaired) electrons. The summed E-state index contributed by atoms with van der Waals surface area (Å²) in [6, 6.07) is 5.99. The van der Waals surface area contributed by atoms with Gasteiger partial charge in [-0.2, -0.15) is 0 Å². The highest BCUT2D eigenvalue weighted by molar-refractivity contribution is 9.10. The maximum atomic E-state index is 6.19. The summed E-state index contributed by atoms with van der Waals surface area (Å²) in [7, 11) is 0. The minimum atomic E-state index is 0.497. The molecule has 1 saturated carbocycles. The van der Waals surface area contributed by atoms with E-state index in [9.17, 15) is 0 Å². The number of ether oxygens (including phenoxy) is 1. The van der Waals surface area contributed by atoms with Crippen molar-refractivity contribution in [3.63, 3.8) is 0 Å². The first-order chi connectivity index (χ1) is 10.1. The molecule has 1 aromatic heterocycles. The van der Waals surface area contributed by atoms with Crippen molar-refractivity contribution in [3.05, 3.63) is 50.7 Å². The first-order valence-corrected chi connectivity index (χ1v) is 8.17. The standard InChI is InChI=1S/C15H13BrCl2N2O/c16-11-5-13(18)14(6-12(11)17)21-15-8-19-4-3-9(15)7-20-10-1-2-10/h3-6,8,10,20H,1-2,7H2. The van der Waals surface area contributed by atoms with Gasteiger partial charge in [0, 0.05) is 34.9 Å². The van der Waals surface area contributed by atoms with E-state index in [-0.39, 0.29) is 0 Å². The van der Waals surface area contributed by atoms with Crippen LogP contribution in [0.25, 0.3) is 0 Å². The van der Waals surface area contributed by atoms with Gasteiger partial charge in [0.2, 0.25) is 0 Å². The average Bonchev–Trinajstić information content (AvgIpc) is 3.28. The van der Waals surface area contributed by atoms with E-state index in [4.69, 9.17) is 27.9 Å². The van der Waals surface area contributed by atoms with Gasteiger partial charge < -0.3 is 10.1 Å². The van der Waals surface area contributed by atoms with E-state index in [0.29, 0.717) is 27.6 Å². The van der Waals surface area contributed by atoms with Crippen LogP contribution >= 0.6 is 39.1 Å². The predicted octanol–water partition coefficient (Wildman–Crippen LogP) is 5.20. The van der Waals surface area contributed by atoms with Crippen molar-refractivity contribution in [2.24, 2.45) is 0 Å². The van der Waals surface area contributed by atoms with Crippen LogP contribution in [0.3, 0.4) is 0 Å². The third-order valence-electron chi connectivity index (χ3n) is 3.22. The summed E-state index contributed by atoms with van der Waals surface area (Å²) in [5.74, 6) is 1.21. The van der Waals surface area contributed by atoms with Crippen molar-refractivity contribution in [1.82, 2.24) is 10.3 Å². The van der Waals surface area contributed by atoms with Crippen LogP contribution < -0.4 is 10.1 Å². The maximum absolute atomic E-state index is 6.19. The van der Waals surface area contributed by atoms with Gasteiger partial charge in [-0.1, -0.05) is 23.2 Å². The third-order valence-corrected chi connectivity index (χ3v) is 4.72. The number of hydrogen-bond acceptors (Lipinski definition) is 3. The SMILES string of the molecule is Clc1cc(Oc2cnccc2CNC2CC2)c(Cl)cc1Br. The van der Waals surface area contributed by atoms with E-state index < -0.39 is 0 Å². The summed E-state index contributed by atoms with van der Waals surface area (Å²) >= 11 is 15.6. The Morgan fingerprint density at radius 1 is 1.24 bits per heavy atom. The van der Waals surface area contributed by atoms with E-state index in [1.165, 1.54) is 12.8 Å². The van der Waals surface area contributed by atoms with Gasteiger partial charge >= 0.3 is 0 Å². The largest absolute Gasteiger partial charge is 0.454 e. The van der Waals surface area contributed by atoms with Crippen LogP contribution in [0.5, 0.6) is 11.5 Å². The first kappa shape index (κ1) is 15.1. The van der Waals surface area contributed by atoms with Crippen LogP contribution in [0.1, 0.15) is 18.4 Å². The van der Waals surface area contributed by atoms with Crippen LogP contribution in [0, 0.1) is 0 Å². The van der Waals surface area contributed by atoms with E-state index in [0.717, 1.165) is 16.6 Å². The number of rotatable bonds is 5. The summed E-state index contributed by atoms with van der Waals surface area (Å²) in [4.78, 5) is 4.12. The fourth-order valence-corrected chi connectivity index (χ4v) is 2.72. The van der Waals surface area contributed by atoms with Gasteiger partial charge in [-0.3, -0.25) is 4.98 Å². The quantitative estimate of drug-likeness (QED) is 0.716. The van der Waals surface area contributed by atoms with Crippen LogP contribution in [-0.4, -0.2) is 11.0 Å². The third kappa shape index (κ3) is 3.89. The fourth-order valence-electron chi connectivity index (χ4n) is 1.89. The molecule has 3 nitrogen and oxygen atoms in total. The number of pyridine rings is 1. The van der Waals surface area contributed by atoms with Crippen molar-refractivity contribution >= 4 is 39.1 Å². The molecule has 1 aliphatic rings. The van der Waals surface area contributed by atoms with Crippen LogP contribution in [-0.2, 0) is 6.54 Å². The minimum absolute atomic E-state index is 0.497. The fraction of sp³-hybridized carbons (Fsp3) is 0.267. The molecule has 2 aromatic rings. The molecule has 0 amide bonds. The van der Waals surface area contributed by atoms with Crippen LogP contribution in [0.2, 0.25) is 10.0 Å². The van der Waals surface area contributed by atoms with E-state index in [1.807, 2.05) is 6.07 Å². The molecule has 3 rings (SSSR count). The van der Waals surface area contributed by atoms with Crippen molar-refractivity contribution in [3.8, 4) is 11.5 Å². The van der Waals surface area contributed by atoms with Gasteiger partial charge in [-0.15, -0.1) is 0 Å². The van der Waals surface area contributed by atoms with Gasteiger partial charge in [0.15, 0.2) is 0 Å². The highest BCUT2D eigenvalue weighted by Gasteiger charge is 2.20. The molecule has 1 aliphatic carbocycles. The second kappa shape index (κ2) is 6.53. The van der Waals surface area contributed by atoms with Crippen molar-refractivity contribution in [2.45, 2.75) is 25.4 Å². The predicted molar refractivity (Wildman–Crippen MR) is 88.3 cm³/mol. The number of aromatic nitrogens is 1. The number of nitrogens with one attached hydrogen (secondary N) is 1. The summed E-state index contributed by atoms with van der Waals surface area (Å²) in [6.45, 7) is 0.754. The zero-order chi connectivity index (χ0) is 14.8. The highest BCUT2D eigenvalue weighted by atomic mass is 79.9. The Morgan fingerprint density at radius 2 is 2.05 bits per heavy atom. The topological polar surface area (TPSA) is 34.1 Å². The van der Waals surface area contributed by atoms with Gasteiger partial charge in [-0.25, -0.2) is 0 Å². The smallest absolute Gasteiger partial charge is 0.150 e.